The number of hydrogen-bond donors (Lipinski definition) is 2. The Bertz CT molecular complexity index is 1060. The van der Waals surface area contributed by atoms with Crippen molar-refractivity contribution in [1.82, 2.24) is 29.3 Å². The van der Waals surface area contributed by atoms with Gasteiger partial charge < -0.3 is 4.98 Å². The molecular formula is C17H23IN6O2S. The first kappa shape index (κ1) is 19.1. The van der Waals surface area contributed by atoms with Crippen LogP contribution in [0.15, 0.2) is 18.5 Å². The quantitative estimate of drug-likeness (QED) is 0.399. The van der Waals surface area contributed by atoms with E-state index in [0.29, 0.717) is 18.0 Å². The summed E-state index contributed by atoms with van der Waals surface area (Å²) in [5.41, 5.74) is 2.44. The van der Waals surface area contributed by atoms with Crippen LogP contribution >= 0.6 is 22.6 Å². The third kappa shape index (κ3) is 3.83. The second-order valence-corrected chi connectivity index (χ2v) is 11.1. The van der Waals surface area contributed by atoms with E-state index in [-0.39, 0.29) is 21.6 Å². The molecule has 0 aliphatic heterocycles. The van der Waals surface area contributed by atoms with Gasteiger partial charge in [-0.15, -0.1) is 10.2 Å². The number of alkyl halides is 1. The maximum atomic E-state index is 12.4. The van der Waals surface area contributed by atoms with Crippen molar-refractivity contribution in [1.29, 1.82) is 0 Å². The summed E-state index contributed by atoms with van der Waals surface area (Å²) in [6.45, 7) is 4.07. The molecule has 0 spiro atoms. The topological polar surface area (TPSA) is 105 Å². The summed E-state index contributed by atoms with van der Waals surface area (Å²) < 4.78 is 30.0. The maximum Gasteiger partial charge on any atom is 0.211 e. The first-order valence-electron chi connectivity index (χ1n) is 9.15. The molecule has 10 heteroatoms. The number of hydrogen-bond acceptors (Lipinski definition) is 5. The highest BCUT2D eigenvalue weighted by Gasteiger charge is 2.38. The van der Waals surface area contributed by atoms with Gasteiger partial charge in [0.2, 0.25) is 10.0 Å². The highest BCUT2D eigenvalue weighted by atomic mass is 127. The third-order valence-corrected chi connectivity index (χ3v) is 7.94. The number of nitrogens with zero attached hydrogens (tertiary/aromatic N) is 4. The van der Waals surface area contributed by atoms with Crippen LogP contribution in [0.5, 0.6) is 0 Å². The van der Waals surface area contributed by atoms with E-state index in [4.69, 9.17) is 0 Å². The highest BCUT2D eigenvalue weighted by Crippen LogP contribution is 2.39. The minimum absolute atomic E-state index is 0.0648. The molecule has 3 atom stereocenters. The van der Waals surface area contributed by atoms with E-state index in [1.54, 1.807) is 6.20 Å². The van der Waals surface area contributed by atoms with E-state index >= 15 is 0 Å². The van der Waals surface area contributed by atoms with Crippen LogP contribution in [0.2, 0.25) is 0 Å². The predicted octanol–water partition coefficient (Wildman–Crippen LogP) is 2.62. The molecule has 0 amide bonds. The zero-order valence-corrected chi connectivity index (χ0v) is 18.2. The monoisotopic (exact) mass is 502 g/mol. The average molecular weight is 502 g/mol. The Labute approximate surface area is 171 Å². The summed E-state index contributed by atoms with van der Waals surface area (Å²) in [6, 6.07) is 1.90. The van der Waals surface area contributed by atoms with Crippen LogP contribution in [0.4, 0.5) is 0 Å². The van der Waals surface area contributed by atoms with E-state index < -0.39 is 10.0 Å². The lowest BCUT2D eigenvalue weighted by Crippen LogP contribution is -2.35. The molecule has 0 radical (unpaired) electrons. The molecule has 27 heavy (non-hydrogen) atoms. The fraction of sp³-hybridized carbons (Fsp3) is 0.588. The molecule has 146 valence electrons. The maximum absolute atomic E-state index is 12.4. The lowest BCUT2D eigenvalue weighted by molar-refractivity contribution is 0.535. The molecule has 8 nitrogen and oxygen atoms in total. The normalized spacial score (nSPS) is 23.8. The Morgan fingerprint density at radius 3 is 2.96 bits per heavy atom. The van der Waals surface area contributed by atoms with Gasteiger partial charge in [-0.1, -0.05) is 36.4 Å². The predicted molar refractivity (Wildman–Crippen MR) is 113 cm³/mol. The van der Waals surface area contributed by atoms with Crippen molar-refractivity contribution in [3.05, 3.63) is 24.3 Å². The van der Waals surface area contributed by atoms with Crippen LogP contribution in [-0.4, -0.2) is 48.7 Å². The van der Waals surface area contributed by atoms with Gasteiger partial charge in [-0.25, -0.2) is 18.1 Å². The van der Waals surface area contributed by atoms with E-state index in [1.165, 1.54) is 0 Å². The number of sulfonamides is 1. The molecule has 3 aromatic rings. The summed E-state index contributed by atoms with van der Waals surface area (Å²) in [5, 5.41) is 8.70. The van der Waals surface area contributed by atoms with Crippen molar-refractivity contribution < 1.29 is 8.42 Å². The highest BCUT2D eigenvalue weighted by molar-refractivity contribution is 14.1. The molecule has 1 saturated carbocycles. The number of fused-ring (bicyclic) bond motifs is 3. The summed E-state index contributed by atoms with van der Waals surface area (Å²) in [4.78, 5) is 7.47. The molecule has 4 rings (SSSR count). The van der Waals surface area contributed by atoms with Crippen LogP contribution in [-0.2, 0) is 10.0 Å². The molecule has 1 aliphatic rings. The van der Waals surface area contributed by atoms with Crippen molar-refractivity contribution in [2.45, 2.75) is 49.0 Å². The van der Waals surface area contributed by atoms with Crippen LogP contribution in [0.3, 0.4) is 0 Å². The number of nitrogens with one attached hydrogen (secondary N) is 2. The summed E-state index contributed by atoms with van der Waals surface area (Å²) in [7, 11) is -3.26. The van der Waals surface area contributed by atoms with Crippen LogP contribution in [0.1, 0.15) is 44.9 Å². The Kier molecular flexibility index (Phi) is 5.14. The number of halogens is 1. The second-order valence-electron chi connectivity index (χ2n) is 7.63. The second kappa shape index (κ2) is 7.28. The molecular weight excluding hydrogens is 479 g/mol. The summed E-state index contributed by atoms with van der Waals surface area (Å²) in [5.74, 6) is 1.57. The Hall–Kier alpha value is -1.27. The molecule has 3 heterocycles. The third-order valence-electron chi connectivity index (χ3n) is 5.09. The molecule has 0 unspecified atom stereocenters. The Balaban J connectivity index is 1.57. The standard InChI is InChI=1S/C17H23IN6O2S/c1-10(2)4-6-27(25,26)23-11-7-12(13(18)8-11)17-22-21-15-9-20-16-14(24(15)17)3-5-19-16/h3,5,9-13,19,23H,4,6-8H2,1-2H3/t11-,12+,13-/m1/s1. The lowest BCUT2D eigenvalue weighted by Gasteiger charge is -2.14. The van der Waals surface area contributed by atoms with Gasteiger partial charge in [0, 0.05) is 22.1 Å². The molecule has 1 aliphatic carbocycles. The van der Waals surface area contributed by atoms with Gasteiger partial charge in [0.25, 0.3) is 0 Å². The number of rotatable bonds is 6. The minimum Gasteiger partial charge on any atom is -0.345 e. The Morgan fingerprint density at radius 1 is 1.37 bits per heavy atom. The van der Waals surface area contributed by atoms with Gasteiger partial charge in [0.05, 0.1) is 17.5 Å². The molecule has 0 bridgehead atoms. The average Bonchev–Trinajstić information content (AvgIpc) is 3.29. The molecule has 1 fully saturated rings. The molecule has 3 aromatic heterocycles. The zero-order valence-electron chi connectivity index (χ0n) is 15.3. The molecule has 0 saturated heterocycles. The van der Waals surface area contributed by atoms with Gasteiger partial charge in [0.15, 0.2) is 11.3 Å². The fourth-order valence-electron chi connectivity index (χ4n) is 3.69. The van der Waals surface area contributed by atoms with Crippen LogP contribution in [0, 0.1) is 5.92 Å². The number of aromatic amines is 1. The molecule has 0 aromatic carbocycles. The summed E-state index contributed by atoms with van der Waals surface area (Å²) in [6.07, 6.45) is 5.75. The lowest BCUT2D eigenvalue weighted by atomic mass is 10.1. The first-order valence-corrected chi connectivity index (χ1v) is 12.0. The minimum atomic E-state index is -3.26. The van der Waals surface area contributed by atoms with E-state index in [0.717, 1.165) is 29.8 Å². The summed E-state index contributed by atoms with van der Waals surface area (Å²) >= 11 is 2.41. The smallest absolute Gasteiger partial charge is 0.211 e. The van der Waals surface area contributed by atoms with Gasteiger partial charge in [-0.2, -0.15) is 0 Å². The largest absolute Gasteiger partial charge is 0.345 e. The van der Waals surface area contributed by atoms with E-state index in [1.807, 2.05) is 30.5 Å². The Morgan fingerprint density at radius 2 is 2.19 bits per heavy atom. The van der Waals surface area contributed by atoms with Crippen molar-refractivity contribution in [2.75, 3.05) is 5.75 Å². The first-order chi connectivity index (χ1) is 12.8. The number of H-pyrrole nitrogens is 1. The van der Waals surface area contributed by atoms with Gasteiger partial charge in [0.1, 0.15) is 5.82 Å². The fourth-order valence-corrected chi connectivity index (χ4v) is 6.52. The van der Waals surface area contributed by atoms with Crippen LogP contribution < -0.4 is 4.72 Å². The van der Waals surface area contributed by atoms with E-state index in [9.17, 15) is 8.42 Å². The van der Waals surface area contributed by atoms with Gasteiger partial charge in [-0.3, -0.25) is 4.40 Å². The van der Waals surface area contributed by atoms with Crippen molar-refractivity contribution >= 4 is 49.4 Å². The van der Waals surface area contributed by atoms with Crippen LogP contribution in [0.25, 0.3) is 16.8 Å². The van der Waals surface area contributed by atoms with E-state index in [2.05, 4.69) is 47.5 Å². The van der Waals surface area contributed by atoms with Crippen molar-refractivity contribution in [3.63, 3.8) is 0 Å². The molecule has 2 N–H and O–H groups in total. The number of aromatic nitrogens is 5. The van der Waals surface area contributed by atoms with Crippen molar-refractivity contribution in [3.8, 4) is 0 Å². The SMILES string of the molecule is CC(C)CCS(=O)(=O)N[C@H]1C[C@@H](I)[C@@H](c2nnc3cnc4[nH]ccc4n23)C1. The van der Waals surface area contributed by atoms with Gasteiger partial charge >= 0.3 is 0 Å². The van der Waals surface area contributed by atoms with Crippen molar-refractivity contribution in [2.24, 2.45) is 5.92 Å². The van der Waals surface area contributed by atoms with Gasteiger partial charge in [-0.05, 0) is 31.2 Å². The zero-order chi connectivity index (χ0) is 19.2.